The molecule has 0 spiro atoms. The molecule has 0 bridgehead atoms. The number of hydrogen-bond acceptors (Lipinski definition) is 4. The van der Waals surface area contributed by atoms with Gasteiger partial charge in [-0.2, -0.15) is 0 Å². The zero-order chi connectivity index (χ0) is 22.4. The second-order valence-electron chi connectivity index (χ2n) is 6.61. The Kier molecular flexibility index (Phi) is 7.91. The molecule has 31 heavy (non-hydrogen) atoms. The van der Waals surface area contributed by atoms with Gasteiger partial charge in [-0.15, -0.1) is 0 Å². The molecule has 8 heteroatoms. The van der Waals surface area contributed by atoms with Crippen LogP contribution >= 0.6 is 34.8 Å². The van der Waals surface area contributed by atoms with Crippen molar-refractivity contribution in [3.8, 4) is 11.5 Å². The van der Waals surface area contributed by atoms with E-state index in [1.165, 1.54) is 6.07 Å². The minimum absolute atomic E-state index is 0.212. The predicted octanol–water partition coefficient (Wildman–Crippen LogP) is 6.93. The maximum Gasteiger partial charge on any atom is 0.335 e. The van der Waals surface area contributed by atoms with Crippen molar-refractivity contribution in [1.82, 2.24) is 0 Å². The monoisotopic (exact) mass is 479 g/mol. The van der Waals surface area contributed by atoms with Crippen LogP contribution in [0.15, 0.2) is 54.6 Å². The van der Waals surface area contributed by atoms with E-state index in [-0.39, 0.29) is 12.2 Å². The van der Waals surface area contributed by atoms with E-state index >= 15 is 0 Å². The summed E-state index contributed by atoms with van der Waals surface area (Å²) in [6, 6.07) is 15.5. The van der Waals surface area contributed by atoms with E-state index in [0.29, 0.717) is 45.4 Å². The summed E-state index contributed by atoms with van der Waals surface area (Å²) < 4.78 is 11.6. The molecule has 0 fully saturated rings. The van der Waals surface area contributed by atoms with Crippen LogP contribution in [-0.2, 0) is 13.2 Å². The third-order valence-corrected chi connectivity index (χ3v) is 5.36. The van der Waals surface area contributed by atoms with Gasteiger partial charge in [-0.1, -0.05) is 46.9 Å². The molecule has 5 nitrogen and oxygen atoms in total. The lowest BCUT2D eigenvalue weighted by Crippen LogP contribution is -2.04. The number of hydrogen-bond donors (Lipinski definition) is 2. The van der Waals surface area contributed by atoms with Crippen LogP contribution in [0.25, 0.3) is 0 Å². The van der Waals surface area contributed by atoms with E-state index in [9.17, 15) is 4.79 Å². The van der Waals surface area contributed by atoms with Crippen molar-refractivity contribution in [2.45, 2.75) is 20.1 Å². The van der Waals surface area contributed by atoms with E-state index in [4.69, 9.17) is 49.4 Å². The van der Waals surface area contributed by atoms with Gasteiger partial charge in [-0.3, -0.25) is 0 Å². The van der Waals surface area contributed by atoms with Gasteiger partial charge < -0.3 is 19.9 Å². The molecule has 0 aliphatic carbocycles. The molecule has 0 amide bonds. The number of nitrogens with one attached hydrogen (secondary N) is 1. The van der Waals surface area contributed by atoms with Crippen LogP contribution in [0.5, 0.6) is 11.5 Å². The number of aromatic carboxylic acids is 1. The third kappa shape index (κ3) is 6.20. The van der Waals surface area contributed by atoms with Gasteiger partial charge in [0.05, 0.1) is 27.2 Å². The molecular formula is C23H20Cl3NO4. The van der Waals surface area contributed by atoms with Gasteiger partial charge in [0, 0.05) is 12.2 Å². The van der Waals surface area contributed by atoms with Crippen molar-refractivity contribution >= 4 is 46.5 Å². The summed E-state index contributed by atoms with van der Waals surface area (Å²) in [7, 11) is 0. The highest BCUT2D eigenvalue weighted by Crippen LogP contribution is 2.37. The summed E-state index contributed by atoms with van der Waals surface area (Å²) in [5, 5.41) is 13.7. The first-order chi connectivity index (χ1) is 14.9. The summed E-state index contributed by atoms with van der Waals surface area (Å²) >= 11 is 18.5. The van der Waals surface area contributed by atoms with E-state index < -0.39 is 5.97 Å². The van der Waals surface area contributed by atoms with Gasteiger partial charge in [-0.25, -0.2) is 4.79 Å². The average Bonchev–Trinajstić information content (AvgIpc) is 2.74. The molecule has 162 valence electrons. The van der Waals surface area contributed by atoms with Crippen LogP contribution in [0.1, 0.15) is 28.4 Å². The lowest BCUT2D eigenvalue weighted by atomic mass is 10.1. The maximum atomic E-state index is 11.1. The van der Waals surface area contributed by atoms with E-state index in [1.807, 2.05) is 19.1 Å². The highest BCUT2D eigenvalue weighted by atomic mass is 35.5. The molecule has 0 aromatic heterocycles. The molecule has 0 atom stereocenters. The van der Waals surface area contributed by atoms with Gasteiger partial charge >= 0.3 is 5.97 Å². The first-order valence-electron chi connectivity index (χ1n) is 9.46. The SMILES string of the molecule is CCOc1cc(CNc2cccc(C(=O)O)c2)cc(Cl)c1OCc1ccc(Cl)c(Cl)c1. The normalized spacial score (nSPS) is 10.6. The Balaban J connectivity index is 1.75. The fourth-order valence-corrected chi connectivity index (χ4v) is 3.49. The Bertz CT molecular complexity index is 1090. The van der Waals surface area contributed by atoms with Crippen molar-refractivity contribution in [2.24, 2.45) is 0 Å². The zero-order valence-electron chi connectivity index (χ0n) is 16.6. The number of halogens is 3. The van der Waals surface area contributed by atoms with Crippen molar-refractivity contribution < 1.29 is 19.4 Å². The van der Waals surface area contributed by atoms with Crippen LogP contribution in [0.2, 0.25) is 15.1 Å². The first-order valence-corrected chi connectivity index (χ1v) is 10.6. The van der Waals surface area contributed by atoms with Crippen molar-refractivity contribution in [2.75, 3.05) is 11.9 Å². The van der Waals surface area contributed by atoms with Gasteiger partial charge in [-0.05, 0) is 60.5 Å². The number of carbonyl (C=O) groups is 1. The topological polar surface area (TPSA) is 67.8 Å². The quantitative estimate of drug-likeness (QED) is 0.347. The molecule has 0 saturated heterocycles. The van der Waals surface area contributed by atoms with Gasteiger partial charge in [0.25, 0.3) is 0 Å². The average molecular weight is 481 g/mol. The molecule has 3 aromatic carbocycles. The number of ether oxygens (including phenoxy) is 2. The first kappa shape index (κ1) is 23.1. The van der Waals surface area contributed by atoms with Gasteiger partial charge in [0.1, 0.15) is 6.61 Å². The van der Waals surface area contributed by atoms with E-state index in [0.717, 1.165) is 11.1 Å². The highest BCUT2D eigenvalue weighted by molar-refractivity contribution is 6.42. The molecule has 0 aliphatic heterocycles. The molecular weight excluding hydrogens is 461 g/mol. The van der Waals surface area contributed by atoms with Crippen LogP contribution in [0, 0.1) is 0 Å². The Labute approximate surface area is 195 Å². The molecule has 0 aliphatic rings. The maximum absolute atomic E-state index is 11.1. The summed E-state index contributed by atoms with van der Waals surface area (Å²) in [5.74, 6) is -0.0221. The summed E-state index contributed by atoms with van der Waals surface area (Å²) in [6.45, 7) is 2.99. The minimum atomic E-state index is -0.978. The van der Waals surface area contributed by atoms with Gasteiger partial charge in [0.2, 0.25) is 0 Å². The van der Waals surface area contributed by atoms with E-state index in [2.05, 4.69) is 5.32 Å². The fraction of sp³-hybridized carbons (Fsp3) is 0.174. The Morgan fingerprint density at radius 1 is 0.935 bits per heavy atom. The summed E-state index contributed by atoms with van der Waals surface area (Å²) in [5.41, 5.74) is 2.60. The van der Waals surface area contributed by atoms with Crippen LogP contribution < -0.4 is 14.8 Å². The smallest absolute Gasteiger partial charge is 0.335 e. The highest BCUT2D eigenvalue weighted by Gasteiger charge is 2.14. The second-order valence-corrected chi connectivity index (χ2v) is 7.84. The predicted molar refractivity (Wildman–Crippen MR) is 124 cm³/mol. The number of benzene rings is 3. The van der Waals surface area contributed by atoms with Crippen LogP contribution in [0.4, 0.5) is 5.69 Å². The molecule has 2 N–H and O–H groups in total. The number of carboxylic acids is 1. The number of anilines is 1. The standard InChI is InChI=1S/C23H20Cl3NO4/c1-2-30-21-10-15(12-27-17-5-3-4-16(11-17)23(28)29)9-20(26)22(21)31-13-14-6-7-18(24)19(25)8-14/h3-11,27H,2,12-13H2,1H3,(H,28,29). The number of carboxylic acid groups (broad SMARTS) is 1. The summed E-state index contributed by atoms with van der Waals surface area (Å²) in [4.78, 5) is 11.1. The van der Waals surface area contributed by atoms with Gasteiger partial charge in [0.15, 0.2) is 11.5 Å². The van der Waals surface area contributed by atoms with E-state index in [1.54, 1.807) is 36.4 Å². The molecule has 0 unspecified atom stereocenters. The molecule has 3 aromatic rings. The Morgan fingerprint density at radius 3 is 2.42 bits per heavy atom. The largest absolute Gasteiger partial charge is 0.490 e. The molecule has 3 rings (SSSR count). The van der Waals surface area contributed by atoms with Crippen LogP contribution in [0.3, 0.4) is 0 Å². The Hall–Kier alpha value is -2.60. The Morgan fingerprint density at radius 2 is 1.71 bits per heavy atom. The molecule has 0 saturated carbocycles. The minimum Gasteiger partial charge on any atom is -0.490 e. The van der Waals surface area contributed by atoms with Crippen molar-refractivity contribution in [3.05, 3.63) is 86.4 Å². The van der Waals surface area contributed by atoms with Crippen molar-refractivity contribution in [1.29, 1.82) is 0 Å². The lowest BCUT2D eigenvalue weighted by Gasteiger charge is -2.16. The van der Waals surface area contributed by atoms with Crippen molar-refractivity contribution in [3.63, 3.8) is 0 Å². The summed E-state index contributed by atoms with van der Waals surface area (Å²) in [6.07, 6.45) is 0. The third-order valence-electron chi connectivity index (χ3n) is 4.34. The molecule has 0 radical (unpaired) electrons. The zero-order valence-corrected chi connectivity index (χ0v) is 18.9. The fourth-order valence-electron chi connectivity index (χ4n) is 2.88. The number of rotatable bonds is 9. The second kappa shape index (κ2) is 10.6. The van der Waals surface area contributed by atoms with Crippen LogP contribution in [-0.4, -0.2) is 17.7 Å². The molecule has 0 heterocycles. The lowest BCUT2D eigenvalue weighted by molar-refractivity contribution is 0.0697.